The summed E-state index contributed by atoms with van der Waals surface area (Å²) in [6.07, 6.45) is 3.78. The summed E-state index contributed by atoms with van der Waals surface area (Å²) in [5.74, 6) is 0.831. The van der Waals surface area contributed by atoms with Crippen molar-refractivity contribution in [3.63, 3.8) is 0 Å². The van der Waals surface area contributed by atoms with Crippen molar-refractivity contribution in [2.24, 2.45) is 5.92 Å². The van der Waals surface area contributed by atoms with E-state index < -0.39 is 0 Å². The van der Waals surface area contributed by atoms with Crippen molar-refractivity contribution in [2.75, 3.05) is 25.0 Å². The Bertz CT molecular complexity index is 820. The van der Waals surface area contributed by atoms with Gasteiger partial charge in [0.05, 0.1) is 6.20 Å². The summed E-state index contributed by atoms with van der Waals surface area (Å²) in [5, 5.41) is 5.77. The molecule has 3 unspecified atom stereocenters. The summed E-state index contributed by atoms with van der Waals surface area (Å²) < 4.78 is 5.65. The SMILES string of the molecule is CC(=O)Nc1cccc(-c2cnc(C(=O)NC3CC4CCN(C4)C3)o2)c1. The molecule has 2 saturated heterocycles. The summed E-state index contributed by atoms with van der Waals surface area (Å²) in [5.41, 5.74) is 1.42. The number of hydrogen-bond acceptors (Lipinski definition) is 5. The van der Waals surface area contributed by atoms with E-state index in [1.165, 1.54) is 19.5 Å². The van der Waals surface area contributed by atoms with Gasteiger partial charge in [0.2, 0.25) is 5.91 Å². The molecule has 2 aliphatic heterocycles. The van der Waals surface area contributed by atoms with Crippen molar-refractivity contribution < 1.29 is 14.0 Å². The molecule has 1 aromatic heterocycles. The molecule has 2 amide bonds. The van der Waals surface area contributed by atoms with Crippen molar-refractivity contribution in [3.05, 3.63) is 36.4 Å². The van der Waals surface area contributed by atoms with Crippen molar-refractivity contribution in [1.29, 1.82) is 0 Å². The van der Waals surface area contributed by atoms with Gasteiger partial charge in [0, 0.05) is 37.3 Å². The van der Waals surface area contributed by atoms with E-state index in [9.17, 15) is 9.59 Å². The highest BCUT2D eigenvalue weighted by atomic mass is 16.4. The molecule has 7 nitrogen and oxygen atoms in total. The van der Waals surface area contributed by atoms with Crippen LogP contribution in [0.3, 0.4) is 0 Å². The maximum atomic E-state index is 12.5. The maximum absolute atomic E-state index is 12.5. The average Bonchev–Trinajstić information content (AvgIpc) is 3.21. The van der Waals surface area contributed by atoms with Crippen LogP contribution in [0.25, 0.3) is 11.3 Å². The zero-order valence-corrected chi connectivity index (χ0v) is 14.7. The number of benzene rings is 1. The Balaban J connectivity index is 1.44. The van der Waals surface area contributed by atoms with Gasteiger partial charge in [0.1, 0.15) is 0 Å². The third kappa shape index (κ3) is 3.62. The lowest BCUT2D eigenvalue weighted by molar-refractivity contribution is -0.114. The molecule has 2 bridgehead atoms. The highest BCUT2D eigenvalue weighted by Crippen LogP contribution is 2.27. The molecule has 4 rings (SSSR count). The molecule has 7 heteroatoms. The van der Waals surface area contributed by atoms with E-state index in [2.05, 4.69) is 20.5 Å². The van der Waals surface area contributed by atoms with Crippen LogP contribution in [0, 0.1) is 5.92 Å². The van der Waals surface area contributed by atoms with Crippen LogP contribution in [0.4, 0.5) is 5.69 Å². The molecule has 3 heterocycles. The van der Waals surface area contributed by atoms with Crippen molar-refractivity contribution in [2.45, 2.75) is 25.8 Å². The normalized spacial score (nSPS) is 24.3. The Hall–Kier alpha value is -2.67. The van der Waals surface area contributed by atoms with Crippen LogP contribution < -0.4 is 10.6 Å². The number of hydrogen-bond donors (Lipinski definition) is 2. The first-order chi connectivity index (χ1) is 12.6. The molecule has 136 valence electrons. The first kappa shape index (κ1) is 16.8. The number of nitrogens with zero attached hydrogens (tertiary/aromatic N) is 2. The third-order valence-electron chi connectivity index (χ3n) is 4.97. The largest absolute Gasteiger partial charge is 0.432 e. The Kier molecular flexibility index (Phi) is 4.46. The summed E-state index contributed by atoms with van der Waals surface area (Å²) in [6, 6.07) is 7.40. The van der Waals surface area contributed by atoms with Gasteiger partial charge in [-0.15, -0.1) is 0 Å². The second-order valence-corrected chi connectivity index (χ2v) is 7.11. The molecule has 2 aliphatic rings. The molecule has 0 radical (unpaired) electrons. The first-order valence-electron chi connectivity index (χ1n) is 8.94. The van der Waals surface area contributed by atoms with Crippen molar-refractivity contribution in [3.8, 4) is 11.3 Å². The Morgan fingerprint density at radius 2 is 2.19 bits per heavy atom. The van der Waals surface area contributed by atoms with Crippen LogP contribution in [0.15, 0.2) is 34.9 Å². The number of aromatic nitrogens is 1. The van der Waals surface area contributed by atoms with Crippen LogP contribution in [0.2, 0.25) is 0 Å². The Morgan fingerprint density at radius 1 is 1.31 bits per heavy atom. The van der Waals surface area contributed by atoms with Crippen LogP contribution in [-0.2, 0) is 4.79 Å². The molecule has 2 fully saturated rings. The van der Waals surface area contributed by atoms with Gasteiger partial charge in [-0.05, 0) is 37.4 Å². The van der Waals surface area contributed by atoms with Crippen LogP contribution in [-0.4, -0.2) is 47.4 Å². The molecular formula is C19H22N4O3. The molecule has 2 aromatic rings. The zero-order chi connectivity index (χ0) is 18.1. The molecular weight excluding hydrogens is 332 g/mol. The molecule has 0 saturated carbocycles. The lowest BCUT2D eigenvalue weighted by Gasteiger charge is -2.30. The van der Waals surface area contributed by atoms with Gasteiger partial charge in [-0.25, -0.2) is 4.98 Å². The highest BCUT2D eigenvalue weighted by molar-refractivity contribution is 5.91. The minimum atomic E-state index is -0.276. The van der Waals surface area contributed by atoms with E-state index in [0.29, 0.717) is 17.4 Å². The fourth-order valence-electron chi connectivity index (χ4n) is 3.88. The van der Waals surface area contributed by atoms with E-state index in [-0.39, 0.29) is 23.7 Å². The zero-order valence-electron chi connectivity index (χ0n) is 14.7. The standard InChI is InChI=1S/C19H22N4O3/c1-12(24)21-15-4-2-3-14(8-15)17-9-20-19(26-17)18(25)22-16-7-13-5-6-23(10-13)11-16/h2-4,8-9,13,16H,5-7,10-11H2,1H3,(H,21,24)(H,22,25). The van der Waals surface area contributed by atoms with Crippen molar-refractivity contribution in [1.82, 2.24) is 15.2 Å². The number of fused-ring (bicyclic) bond motifs is 2. The fourth-order valence-corrected chi connectivity index (χ4v) is 3.88. The number of carbonyl (C=O) groups excluding carboxylic acids is 2. The first-order valence-corrected chi connectivity index (χ1v) is 8.94. The maximum Gasteiger partial charge on any atom is 0.307 e. The van der Waals surface area contributed by atoms with Gasteiger partial charge in [0.25, 0.3) is 5.89 Å². The molecule has 2 N–H and O–H groups in total. The quantitative estimate of drug-likeness (QED) is 0.878. The van der Waals surface area contributed by atoms with E-state index in [4.69, 9.17) is 4.42 Å². The highest BCUT2D eigenvalue weighted by Gasteiger charge is 2.33. The number of oxazole rings is 1. The molecule has 0 aliphatic carbocycles. The molecule has 26 heavy (non-hydrogen) atoms. The monoisotopic (exact) mass is 354 g/mol. The number of piperidine rings is 1. The number of carbonyl (C=O) groups is 2. The number of anilines is 1. The minimum absolute atomic E-state index is 0.0675. The summed E-state index contributed by atoms with van der Waals surface area (Å²) in [6.45, 7) is 4.64. The second-order valence-electron chi connectivity index (χ2n) is 7.11. The van der Waals surface area contributed by atoms with Gasteiger partial charge in [-0.2, -0.15) is 0 Å². The molecule has 1 aromatic carbocycles. The molecule has 0 spiro atoms. The lowest BCUT2D eigenvalue weighted by Crippen LogP contribution is -2.47. The van der Waals surface area contributed by atoms with Gasteiger partial charge in [-0.3, -0.25) is 9.59 Å². The van der Waals surface area contributed by atoms with Crippen LogP contribution >= 0.6 is 0 Å². The van der Waals surface area contributed by atoms with Gasteiger partial charge in [0.15, 0.2) is 5.76 Å². The Labute approximate surface area is 151 Å². The van der Waals surface area contributed by atoms with E-state index in [1.54, 1.807) is 12.1 Å². The summed E-state index contributed by atoms with van der Waals surface area (Å²) >= 11 is 0. The topological polar surface area (TPSA) is 87.5 Å². The van der Waals surface area contributed by atoms with Gasteiger partial charge in [-0.1, -0.05) is 12.1 Å². The second kappa shape index (κ2) is 6.92. The third-order valence-corrected chi connectivity index (χ3v) is 4.97. The van der Waals surface area contributed by atoms with Crippen LogP contribution in [0.5, 0.6) is 0 Å². The smallest absolute Gasteiger partial charge is 0.307 e. The van der Waals surface area contributed by atoms with Gasteiger partial charge < -0.3 is 20.0 Å². The number of rotatable bonds is 4. The van der Waals surface area contributed by atoms with E-state index in [1.807, 2.05) is 12.1 Å². The van der Waals surface area contributed by atoms with Crippen molar-refractivity contribution >= 4 is 17.5 Å². The summed E-state index contributed by atoms with van der Waals surface area (Å²) in [4.78, 5) is 30.2. The van der Waals surface area contributed by atoms with Crippen LogP contribution in [0.1, 0.15) is 30.5 Å². The predicted molar refractivity (Wildman–Crippen MR) is 96.7 cm³/mol. The minimum Gasteiger partial charge on any atom is -0.432 e. The molecule has 3 atom stereocenters. The number of amides is 2. The van der Waals surface area contributed by atoms with E-state index in [0.717, 1.165) is 31.6 Å². The average molecular weight is 354 g/mol. The van der Waals surface area contributed by atoms with Gasteiger partial charge >= 0.3 is 5.91 Å². The number of nitrogens with one attached hydrogen (secondary N) is 2. The lowest BCUT2D eigenvalue weighted by atomic mass is 9.97. The Morgan fingerprint density at radius 3 is 3.00 bits per heavy atom. The fraction of sp³-hybridized carbons (Fsp3) is 0.421. The summed E-state index contributed by atoms with van der Waals surface area (Å²) in [7, 11) is 0. The van der Waals surface area contributed by atoms with E-state index >= 15 is 0 Å². The predicted octanol–water partition coefficient (Wildman–Crippen LogP) is 2.12.